The standard InChI is InChI=1S/C22H34N6O2/c1-5-23-22(24-7-9-28-14-17(2)13-25-28)26-19-6-8-27(16-19)15-18-10-20(29-3)12-21(11-18)30-4/h10-14,19H,5-9,15-16H2,1-4H3,(H2,23,24,26). The maximum Gasteiger partial charge on any atom is 0.191 e. The van der Waals surface area contributed by atoms with Crippen molar-refractivity contribution in [2.45, 2.75) is 39.4 Å². The van der Waals surface area contributed by atoms with Gasteiger partial charge in [0.25, 0.3) is 0 Å². The van der Waals surface area contributed by atoms with Crippen molar-refractivity contribution in [3.05, 3.63) is 41.7 Å². The van der Waals surface area contributed by atoms with Crippen LogP contribution in [0.2, 0.25) is 0 Å². The average molecular weight is 415 g/mol. The summed E-state index contributed by atoms with van der Waals surface area (Å²) in [5, 5.41) is 11.3. The summed E-state index contributed by atoms with van der Waals surface area (Å²) in [5.41, 5.74) is 2.37. The van der Waals surface area contributed by atoms with E-state index in [1.807, 2.05) is 30.1 Å². The second-order valence-electron chi connectivity index (χ2n) is 7.63. The number of hydrogen-bond donors (Lipinski definition) is 2. The minimum absolute atomic E-state index is 0.377. The van der Waals surface area contributed by atoms with E-state index in [1.54, 1.807) is 14.2 Å². The highest BCUT2D eigenvalue weighted by molar-refractivity contribution is 5.80. The number of rotatable bonds is 9. The van der Waals surface area contributed by atoms with E-state index < -0.39 is 0 Å². The van der Waals surface area contributed by atoms with Gasteiger partial charge in [-0.25, -0.2) is 0 Å². The molecule has 0 amide bonds. The largest absolute Gasteiger partial charge is 0.497 e. The summed E-state index contributed by atoms with van der Waals surface area (Å²) >= 11 is 0. The average Bonchev–Trinajstić information content (AvgIpc) is 3.36. The van der Waals surface area contributed by atoms with Gasteiger partial charge in [-0.15, -0.1) is 0 Å². The molecule has 2 heterocycles. The van der Waals surface area contributed by atoms with E-state index >= 15 is 0 Å². The Balaban J connectivity index is 1.52. The Morgan fingerprint density at radius 2 is 2.00 bits per heavy atom. The molecule has 2 aromatic rings. The lowest BCUT2D eigenvalue weighted by molar-refractivity contribution is 0.321. The smallest absolute Gasteiger partial charge is 0.191 e. The highest BCUT2D eigenvalue weighted by Gasteiger charge is 2.23. The number of aliphatic imine (C=N–C) groups is 1. The molecular weight excluding hydrogens is 380 g/mol. The van der Waals surface area contributed by atoms with Crippen molar-refractivity contribution in [3.63, 3.8) is 0 Å². The first-order chi connectivity index (χ1) is 14.6. The molecular formula is C22H34N6O2. The lowest BCUT2D eigenvalue weighted by atomic mass is 10.2. The summed E-state index contributed by atoms with van der Waals surface area (Å²) < 4.78 is 12.7. The SMILES string of the molecule is CCNC(=NCCn1cc(C)cn1)NC1CCN(Cc2cc(OC)cc(OC)c2)C1. The Hall–Kier alpha value is -2.74. The van der Waals surface area contributed by atoms with Gasteiger partial charge in [-0.2, -0.15) is 5.10 Å². The van der Waals surface area contributed by atoms with E-state index in [1.165, 1.54) is 11.1 Å². The molecule has 0 saturated carbocycles. The zero-order valence-corrected chi connectivity index (χ0v) is 18.5. The van der Waals surface area contributed by atoms with Gasteiger partial charge in [0.1, 0.15) is 11.5 Å². The third kappa shape index (κ3) is 6.38. The van der Waals surface area contributed by atoms with Crippen LogP contribution in [0.4, 0.5) is 0 Å². The minimum Gasteiger partial charge on any atom is -0.497 e. The van der Waals surface area contributed by atoms with Crippen molar-refractivity contribution < 1.29 is 9.47 Å². The first-order valence-corrected chi connectivity index (χ1v) is 10.6. The number of likely N-dealkylation sites (tertiary alicyclic amines) is 1. The van der Waals surface area contributed by atoms with Gasteiger partial charge in [0.2, 0.25) is 0 Å². The maximum atomic E-state index is 5.39. The van der Waals surface area contributed by atoms with E-state index in [0.717, 1.165) is 56.6 Å². The summed E-state index contributed by atoms with van der Waals surface area (Å²) in [6, 6.07) is 6.43. The van der Waals surface area contributed by atoms with Crippen LogP contribution in [-0.2, 0) is 13.1 Å². The Morgan fingerprint density at radius 3 is 2.63 bits per heavy atom. The summed E-state index contributed by atoms with van der Waals surface area (Å²) in [5.74, 6) is 2.52. The van der Waals surface area contributed by atoms with Gasteiger partial charge in [0.05, 0.1) is 33.5 Å². The molecule has 8 nitrogen and oxygen atoms in total. The van der Waals surface area contributed by atoms with Gasteiger partial charge < -0.3 is 20.1 Å². The minimum atomic E-state index is 0.377. The normalized spacial score (nSPS) is 17.2. The first-order valence-electron chi connectivity index (χ1n) is 10.6. The van der Waals surface area contributed by atoms with Crippen molar-refractivity contribution >= 4 is 5.96 Å². The zero-order chi connectivity index (χ0) is 21.3. The van der Waals surface area contributed by atoms with Crippen molar-refractivity contribution in [2.75, 3.05) is 40.4 Å². The molecule has 1 unspecified atom stereocenters. The molecule has 1 aliphatic heterocycles. The predicted molar refractivity (Wildman–Crippen MR) is 119 cm³/mol. The van der Waals surface area contributed by atoms with Crippen molar-refractivity contribution in [1.82, 2.24) is 25.3 Å². The van der Waals surface area contributed by atoms with E-state index in [9.17, 15) is 0 Å². The Morgan fingerprint density at radius 1 is 1.23 bits per heavy atom. The quantitative estimate of drug-likeness (QED) is 0.483. The number of ether oxygens (including phenoxy) is 2. The molecule has 1 aromatic carbocycles. The molecule has 1 fully saturated rings. The third-order valence-corrected chi connectivity index (χ3v) is 5.14. The van der Waals surface area contributed by atoms with E-state index in [2.05, 4.69) is 39.7 Å². The van der Waals surface area contributed by atoms with Crippen LogP contribution in [0.15, 0.2) is 35.6 Å². The second-order valence-corrected chi connectivity index (χ2v) is 7.63. The molecule has 1 atom stereocenters. The van der Waals surface area contributed by atoms with Gasteiger partial charge in [0, 0.05) is 44.5 Å². The number of benzene rings is 1. The number of hydrogen-bond acceptors (Lipinski definition) is 5. The molecule has 0 spiro atoms. The van der Waals surface area contributed by atoms with Crippen LogP contribution >= 0.6 is 0 Å². The molecule has 30 heavy (non-hydrogen) atoms. The van der Waals surface area contributed by atoms with Gasteiger partial charge in [-0.1, -0.05) is 0 Å². The van der Waals surface area contributed by atoms with Crippen LogP contribution in [-0.4, -0.2) is 67.1 Å². The van der Waals surface area contributed by atoms with Gasteiger partial charge in [0.15, 0.2) is 5.96 Å². The van der Waals surface area contributed by atoms with Crippen molar-refractivity contribution in [3.8, 4) is 11.5 Å². The topological polar surface area (TPSA) is 75.9 Å². The molecule has 0 bridgehead atoms. The van der Waals surface area contributed by atoms with Crippen LogP contribution in [0, 0.1) is 6.92 Å². The van der Waals surface area contributed by atoms with E-state index in [4.69, 9.17) is 14.5 Å². The second kappa shape index (κ2) is 10.9. The van der Waals surface area contributed by atoms with Crippen LogP contribution in [0.25, 0.3) is 0 Å². The van der Waals surface area contributed by atoms with Crippen LogP contribution < -0.4 is 20.1 Å². The number of aromatic nitrogens is 2. The monoisotopic (exact) mass is 414 g/mol. The molecule has 0 radical (unpaired) electrons. The van der Waals surface area contributed by atoms with Crippen LogP contribution in [0.3, 0.4) is 0 Å². The molecule has 1 aliphatic rings. The van der Waals surface area contributed by atoms with Crippen LogP contribution in [0.1, 0.15) is 24.5 Å². The molecule has 164 valence electrons. The maximum absolute atomic E-state index is 5.39. The molecule has 0 aliphatic carbocycles. The molecule has 2 N–H and O–H groups in total. The fourth-order valence-corrected chi connectivity index (χ4v) is 3.68. The van der Waals surface area contributed by atoms with Gasteiger partial charge >= 0.3 is 0 Å². The molecule has 8 heteroatoms. The Labute approximate surface area is 179 Å². The fraction of sp³-hybridized carbons (Fsp3) is 0.545. The van der Waals surface area contributed by atoms with Crippen molar-refractivity contribution in [1.29, 1.82) is 0 Å². The summed E-state index contributed by atoms with van der Waals surface area (Å²) in [4.78, 5) is 7.16. The van der Waals surface area contributed by atoms with Gasteiger partial charge in [-0.3, -0.25) is 14.6 Å². The molecule has 1 saturated heterocycles. The highest BCUT2D eigenvalue weighted by atomic mass is 16.5. The summed E-state index contributed by atoms with van der Waals surface area (Å²) in [7, 11) is 3.37. The van der Waals surface area contributed by atoms with E-state index in [-0.39, 0.29) is 0 Å². The Bertz CT molecular complexity index is 813. The number of methoxy groups -OCH3 is 2. The first kappa shape index (κ1) is 22.0. The Kier molecular flexibility index (Phi) is 7.96. The highest BCUT2D eigenvalue weighted by Crippen LogP contribution is 2.24. The van der Waals surface area contributed by atoms with E-state index in [0.29, 0.717) is 12.6 Å². The lowest BCUT2D eigenvalue weighted by Crippen LogP contribution is -2.44. The predicted octanol–water partition coefficient (Wildman–Crippen LogP) is 2.04. The summed E-state index contributed by atoms with van der Waals surface area (Å²) in [6.45, 7) is 9.34. The van der Waals surface area contributed by atoms with Gasteiger partial charge in [-0.05, 0) is 43.5 Å². The number of nitrogens with zero attached hydrogens (tertiary/aromatic N) is 4. The number of guanidine groups is 1. The number of aryl methyl sites for hydroxylation is 1. The molecule has 3 rings (SSSR count). The third-order valence-electron chi connectivity index (χ3n) is 5.14. The molecule has 1 aromatic heterocycles. The zero-order valence-electron chi connectivity index (χ0n) is 18.5. The lowest BCUT2D eigenvalue weighted by Gasteiger charge is -2.19. The van der Waals surface area contributed by atoms with Crippen LogP contribution in [0.5, 0.6) is 11.5 Å². The van der Waals surface area contributed by atoms with Crippen molar-refractivity contribution in [2.24, 2.45) is 4.99 Å². The summed E-state index contributed by atoms with van der Waals surface area (Å²) in [6.07, 6.45) is 5.00. The number of nitrogens with one attached hydrogen (secondary N) is 2. The fourth-order valence-electron chi connectivity index (χ4n) is 3.68.